The monoisotopic (exact) mass is 126 g/mol. The zero-order valence-corrected chi connectivity index (χ0v) is 6.15. The molecule has 0 spiro atoms. The van der Waals surface area contributed by atoms with Crippen molar-refractivity contribution < 1.29 is 0 Å². The second-order valence-corrected chi connectivity index (χ2v) is 1.78. The highest BCUT2D eigenvalue weighted by atomic mass is 15.3. The van der Waals surface area contributed by atoms with Crippen LogP contribution in [0.4, 0.5) is 0 Å². The Balaban J connectivity index is 3.66. The molecule has 0 atom stereocenters. The van der Waals surface area contributed by atoms with E-state index in [1.807, 2.05) is 0 Å². The number of hydrogen-bond acceptors (Lipinski definition) is 2. The SMILES string of the molecule is C=C/C(CCC)=N\NC. The molecule has 0 fully saturated rings. The molecule has 0 aliphatic rings. The van der Waals surface area contributed by atoms with Crippen LogP contribution < -0.4 is 5.43 Å². The van der Waals surface area contributed by atoms with Gasteiger partial charge in [-0.05, 0) is 12.5 Å². The van der Waals surface area contributed by atoms with Gasteiger partial charge in [-0.1, -0.05) is 19.9 Å². The van der Waals surface area contributed by atoms with Crippen molar-refractivity contribution in [3.05, 3.63) is 12.7 Å². The second-order valence-electron chi connectivity index (χ2n) is 1.78. The van der Waals surface area contributed by atoms with Crippen LogP contribution in [-0.4, -0.2) is 12.8 Å². The van der Waals surface area contributed by atoms with Crippen molar-refractivity contribution in [3.8, 4) is 0 Å². The van der Waals surface area contributed by atoms with Crippen LogP contribution in [0.15, 0.2) is 17.8 Å². The number of nitrogens with one attached hydrogen (secondary N) is 1. The largest absolute Gasteiger partial charge is 0.313 e. The molecule has 0 radical (unpaired) electrons. The zero-order chi connectivity index (χ0) is 7.11. The third kappa shape index (κ3) is 3.76. The van der Waals surface area contributed by atoms with Crippen molar-refractivity contribution in [1.29, 1.82) is 0 Å². The highest BCUT2D eigenvalue weighted by Gasteiger charge is 1.87. The molecule has 9 heavy (non-hydrogen) atoms. The topological polar surface area (TPSA) is 24.4 Å². The van der Waals surface area contributed by atoms with E-state index < -0.39 is 0 Å². The van der Waals surface area contributed by atoms with E-state index in [1.165, 1.54) is 0 Å². The first-order valence-electron chi connectivity index (χ1n) is 3.20. The van der Waals surface area contributed by atoms with Crippen LogP contribution in [0.3, 0.4) is 0 Å². The maximum absolute atomic E-state index is 3.98. The molecule has 0 rings (SSSR count). The van der Waals surface area contributed by atoms with Crippen molar-refractivity contribution in [2.75, 3.05) is 7.05 Å². The van der Waals surface area contributed by atoms with E-state index in [9.17, 15) is 0 Å². The third-order valence-corrected chi connectivity index (χ3v) is 0.997. The Hall–Kier alpha value is -0.790. The van der Waals surface area contributed by atoms with Gasteiger partial charge < -0.3 is 5.43 Å². The van der Waals surface area contributed by atoms with E-state index in [0.717, 1.165) is 18.6 Å². The minimum absolute atomic E-state index is 1.00. The molecule has 0 aromatic carbocycles. The van der Waals surface area contributed by atoms with Crippen LogP contribution in [0.1, 0.15) is 19.8 Å². The summed E-state index contributed by atoms with van der Waals surface area (Å²) >= 11 is 0. The minimum atomic E-state index is 1.00. The predicted octanol–water partition coefficient (Wildman–Crippen LogP) is 1.55. The molecule has 0 saturated heterocycles. The van der Waals surface area contributed by atoms with Gasteiger partial charge in [0.25, 0.3) is 0 Å². The summed E-state index contributed by atoms with van der Waals surface area (Å²) in [6, 6.07) is 0. The van der Waals surface area contributed by atoms with Crippen molar-refractivity contribution in [1.82, 2.24) is 5.43 Å². The lowest BCUT2D eigenvalue weighted by Crippen LogP contribution is -2.01. The van der Waals surface area contributed by atoms with Crippen molar-refractivity contribution in [2.24, 2.45) is 5.10 Å². The lowest BCUT2D eigenvalue weighted by atomic mass is 10.2. The van der Waals surface area contributed by atoms with E-state index in [-0.39, 0.29) is 0 Å². The fourth-order valence-corrected chi connectivity index (χ4v) is 0.603. The van der Waals surface area contributed by atoms with Gasteiger partial charge in [-0.25, -0.2) is 0 Å². The van der Waals surface area contributed by atoms with Crippen LogP contribution in [-0.2, 0) is 0 Å². The zero-order valence-electron chi connectivity index (χ0n) is 6.15. The summed E-state index contributed by atoms with van der Waals surface area (Å²) in [5.74, 6) is 0. The molecule has 0 unspecified atom stereocenters. The fourth-order valence-electron chi connectivity index (χ4n) is 0.603. The smallest absolute Gasteiger partial charge is 0.0596 e. The quantitative estimate of drug-likeness (QED) is 0.448. The maximum atomic E-state index is 3.98. The van der Waals surface area contributed by atoms with Gasteiger partial charge in [-0.3, -0.25) is 0 Å². The summed E-state index contributed by atoms with van der Waals surface area (Å²) in [5, 5.41) is 3.98. The van der Waals surface area contributed by atoms with Crippen LogP contribution in [0.5, 0.6) is 0 Å². The highest BCUT2D eigenvalue weighted by molar-refractivity contribution is 5.94. The molecule has 0 aromatic rings. The summed E-state index contributed by atoms with van der Waals surface area (Å²) in [7, 11) is 1.79. The third-order valence-electron chi connectivity index (χ3n) is 0.997. The molecule has 0 bridgehead atoms. The molecule has 0 aliphatic carbocycles. The molecule has 0 heterocycles. The molecule has 1 N–H and O–H groups in total. The Morgan fingerprint density at radius 2 is 2.44 bits per heavy atom. The van der Waals surface area contributed by atoms with Crippen molar-refractivity contribution in [2.45, 2.75) is 19.8 Å². The first-order chi connectivity index (χ1) is 4.35. The van der Waals surface area contributed by atoms with Gasteiger partial charge in [-0.2, -0.15) is 5.10 Å². The molecule has 0 aromatic heterocycles. The lowest BCUT2D eigenvalue weighted by molar-refractivity contribution is 0.880. The maximum Gasteiger partial charge on any atom is 0.0596 e. The summed E-state index contributed by atoms with van der Waals surface area (Å²) in [6.07, 6.45) is 3.90. The molecule has 52 valence electrons. The number of hydrogen-bond donors (Lipinski definition) is 1. The Morgan fingerprint density at radius 3 is 2.78 bits per heavy atom. The van der Waals surface area contributed by atoms with E-state index in [4.69, 9.17) is 0 Å². The van der Waals surface area contributed by atoms with Crippen LogP contribution in [0.25, 0.3) is 0 Å². The Kier molecular flexibility index (Phi) is 4.88. The summed E-state index contributed by atoms with van der Waals surface area (Å²) in [5.41, 5.74) is 3.75. The average molecular weight is 126 g/mol. The van der Waals surface area contributed by atoms with Crippen molar-refractivity contribution >= 4 is 5.71 Å². The summed E-state index contributed by atoms with van der Waals surface area (Å²) in [6.45, 7) is 5.75. The molecular formula is C7H14N2. The van der Waals surface area contributed by atoms with E-state index >= 15 is 0 Å². The lowest BCUT2D eigenvalue weighted by Gasteiger charge is -1.95. The van der Waals surface area contributed by atoms with Crippen LogP contribution in [0.2, 0.25) is 0 Å². The molecule has 2 nitrogen and oxygen atoms in total. The molecule has 2 heteroatoms. The van der Waals surface area contributed by atoms with Gasteiger partial charge in [0, 0.05) is 7.05 Å². The minimum Gasteiger partial charge on any atom is -0.313 e. The van der Waals surface area contributed by atoms with E-state index in [0.29, 0.717) is 0 Å². The number of allylic oxidation sites excluding steroid dienone is 1. The number of rotatable bonds is 4. The van der Waals surface area contributed by atoms with Gasteiger partial charge in [0.1, 0.15) is 0 Å². The Morgan fingerprint density at radius 1 is 1.78 bits per heavy atom. The number of hydrazone groups is 1. The second kappa shape index (κ2) is 5.35. The van der Waals surface area contributed by atoms with Crippen LogP contribution >= 0.6 is 0 Å². The highest BCUT2D eigenvalue weighted by Crippen LogP contribution is 1.90. The predicted molar refractivity (Wildman–Crippen MR) is 41.6 cm³/mol. The summed E-state index contributed by atoms with van der Waals surface area (Å²) < 4.78 is 0. The Labute approximate surface area is 56.7 Å². The number of nitrogens with zero attached hydrogens (tertiary/aromatic N) is 1. The van der Waals surface area contributed by atoms with Gasteiger partial charge in [0.2, 0.25) is 0 Å². The standard InChI is InChI=1S/C7H14N2/c1-4-6-7(5-2)9-8-3/h5,8H,2,4,6H2,1,3H3/b9-7+. The molecule has 0 amide bonds. The van der Waals surface area contributed by atoms with Crippen molar-refractivity contribution in [3.63, 3.8) is 0 Å². The molecule has 0 aliphatic heterocycles. The first-order valence-corrected chi connectivity index (χ1v) is 3.20. The Bertz CT molecular complexity index is 105. The molecular weight excluding hydrogens is 112 g/mol. The summed E-state index contributed by atoms with van der Waals surface area (Å²) in [4.78, 5) is 0. The normalized spacial score (nSPS) is 11.1. The fraction of sp³-hybridized carbons (Fsp3) is 0.571. The van der Waals surface area contributed by atoms with E-state index in [2.05, 4.69) is 24.0 Å². The first kappa shape index (κ1) is 8.21. The molecule has 0 saturated carbocycles. The van der Waals surface area contributed by atoms with Gasteiger partial charge in [0.15, 0.2) is 0 Å². The van der Waals surface area contributed by atoms with E-state index in [1.54, 1.807) is 13.1 Å². The van der Waals surface area contributed by atoms with Gasteiger partial charge in [-0.15, -0.1) is 0 Å². The average Bonchev–Trinajstić information content (AvgIpc) is 1.88. The van der Waals surface area contributed by atoms with Gasteiger partial charge >= 0.3 is 0 Å². The van der Waals surface area contributed by atoms with Crippen LogP contribution in [0, 0.1) is 0 Å². The van der Waals surface area contributed by atoms with Gasteiger partial charge in [0.05, 0.1) is 5.71 Å².